The van der Waals surface area contributed by atoms with Crippen molar-refractivity contribution < 1.29 is 9.53 Å². The van der Waals surface area contributed by atoms with Gasteiger partial charge in [0.1, 0.15) is 12.4 Å². The van der Waals surface area contributed by atoms with Crippen LogP contribution in [0.25, 0.3) is 11.3 Å². The lowest BCUT2D eigenvalue weighted by Gasteiger charge is -2.13. The second kappa shape index (κ2) is 6.88. The number of aromatic nitrogens is 1. The molecule has 0 bridgehead atoms. The van der Waals surface area contributed by atoms with Crippen LogP contribution in [0.4, 0.5) is 0 Å². The highest BCUT2D eigenvalue weighted by Gasteiger charge is 2.13. The van der Waals surface area contributed by atoms with Crippen molar-refractivity contribution in [3.8, 4) is 17.0 Å². The first-order valence-electron chi connectivity index (χ1n) is 7.46. The summed E-state index contributed by atoms with van der Waals surface area (Å²) in [5.74, 6) is 0.720. The third-order valence-corrected chi connectivity index (χ3v) is 3.71. The zero-order valence-corrected chi connectivity index (χ0v) is 12.9. The molecule has 3 nitrogen and oxygen atoms in total. The third kappa shape index (κ3) is 3.29. The topological polar surface area (TPSA) is 39.2 Å². The lowest BCUT2D eigenvalue weighted by Crippen LogP contribution is -2.00. The van der Waals surface area contributed by atoms with Gasteiger partial charge in [-0.2, -0.15) is 0 Å². The van der Waals surface area contributed by atoms with Gasteiger partial charge in [0, 0.05) is 17.3 Å². The molecular weight excluding hydrogens is 286 g/mol. The van der Waals surface area contributed by atoms with Gasteiger partial charge >= 0.3 is 0 Å². The number of nitrogens with zero attached hydrogens (tertiary/aromatic N) is 1. The minimum absolute atomic E-state index is 0.472. The van der Waals surface area contributed by atoms with E-state index in [1.807, 2.05) is 67.6 Å². The molecule has 0 aliphatic rings. The van der Waals surface area contributed by atoms with Crippen LogP contribution in [0, 0.1) is 6.92 Å². The molecular formula is C20H17NO2. The Morgan fingerprint density at radius 1 is 1.00 bits per heavy atom. The number of benzene rings is 2. The number of pyridine rings is 1. The lowest BCUT2D eigenvalue weighted by atomic mass is 10.0. The van der Waals surface area contributed by atoms with Gasteiger partial charge in [-0.3, -0.25) is 9.78 Å². The highest BCUT2D eigenvalue weighted by Crippen LogP contribution is 2.31. The first-order chi connectivity index (χ1) is 11.3. The van der Waals surface area contributed by atoms with Crippen molar-refractivity contribution in [1.29, 1.82) is 0 Å². The quantitative estimate of drug-likeness (QED) is 0.654. The normalized spacial score (nSPS) is 10.3. The molecule has 0 radical (unpaired) electrons. The minimum atomic E-state index is 0.472. The summed E-state index contributed by atoms with van der Waals surface area (Å²) in [6.45, 7) is 2.38. The Balaban J connectivity index is 1.95. The standard InChI is InChI=1S/C20H17NO2/c1-15-11-12-21-20(18(15)13-22)17-9-5-6-10-19(17)23-14-16-7-3-2-4-8-16/h2-13H,14H2,1H3. The third-order valence-electron chi connectivity index (χ3n) is 3.71. The molecule has 23 heavy (non-hydrogen) atoms. The smallest absolute Gasteiger partial charge is 0.152 e. The minimum Gasteiger partial charge on any atom is -0.488 e. The van der Waals surface area contributed by atoms with Crippen molar-refractivity contribution in [2.24, 2.45) is 0 Å². The number of aldehydes is 1. The fraction of sp³-hybridized carbons (Fsp3) is 0.100. The summed E-state index contributed by atoms with van der Waals surface area (Å²) in [4.78, 5) is 15.8. The summed E-state index contributed by atoms with van der Waals surface area (Å²) < 4.78 is 5.96. The largest absolute Gasteiger partial charge is 0.488 e. The van der Waals surface area contributed by atoms with Crippen LogP contribution in [-0.2, 0) is 6.61 Å². The van der Waals surface area contributed by atoms with Gasteiger partial charge in [0.05, 0.1) is 5.69 Å². The van der Waals surface area contributed by atoms with Crippen LogP contribution in [0.2, 0.25) is 0 Å². The van der Waals surface area contributed by atoms with Gasteiger partial charge in [-0.25, -0.2) is 0 Å². The molecule has 2 aromatic carbocycles. The number of rotatable bonds is 5. The van der Waals surface area contributed by atoms with Crippen LogP contribution >= 0.6 is 0 Å². The molecule has 0 aliphatic heterocycles. The number of carbonyl (C=O) groups is 1. The van der Waals surface area contributed by atoms with E-state index < -0.39 is 0 Å². The number of hydrogen-bond donors (Lipinski definition) is 0. The summed E-state index contributed by atoms with van der Waals surface area (Å²) in [6.07, 6.45) is 2.57. The number of hydrogen-bond acceptors (Lipinski definition) is 3. The van der Waals surface area contributed by atoms with Crippen LogP contribution in [0.15, 0.2) is 66.9 Å². The van der Waals surface area contributed by atoms with Crippen molar-refractivity contribution in [3.63, 3.8) is 0 Å². The zero-order chi connectivity index (χ0) is 16.1. The average Bonchev–Trinajstić information content (AvgIpc) is 2.61. The van der Waals surface area contributed by atoms with Crippen molar-refractivity contribution in [2.45, 2.75) is 13.5 Å². The van der Waals surface area contributed by atoms with E-state index >= 15 is 0 Å². The number of aryl methyl sites for hydroxylation is 1. The summed E-state index contributed by atoms with van der Waals surface area (Å²) in [7, 11) is 0. The molecule has 0 N–H and O–H groups in total. The van der Waals surface area contributed by atoms with Crippen LogP contribution in [0.1, 0.15) is 21.5 Å². The van der Waals surface area contributed by atoms with Crippen LogP contribution in [-0.4, -0.2) is 11.3 Å². The van der Waals surface area contributed by atoms with E-state index in [1.54, 1.807) is 6.20 Å². The second-order valence-corrected chi connectivity index (χ2v) is 5.28. The first kappa shape index (κ1) is 15.0. The fourth-order valence-corrected chi connectivity index (χ4v) is 2.46. The monoisotopic (exact) mass is 303 g/mol. The second-order valence-electron chi connectivity index (χ2n) is 5.28. The van der Waals surface area contributed by atoms with Gasteiger partial charge in [0.25, 0.3) is 0 Å². The van der Waals surface area contributed by atoms with Gasteiger partial charge in [-0.1, -0.05) is 42.5 Å². The Bertz CT molecular complexity index is 813. The van der Waals surface area contributed by atoms with Crippen molar-refractivity contribution in [1.82, 2.24) is 4.98 Å². The molecule has 0 saturated heterocycles. The molecule has 0 aliphatic carbocycles. The summed E-state index contributed by atoms with van der Waals surface area (Å²) in [5.41, 5.74) is 4.08. The molecule has 3 aromatic rings. The van der Waals surface area contributed by atoms with Crippen molar-refractivity contribution in [2.75, 3.05) is 0 Å². The highest BCUT2D eigenvalue weighted by molar-refractivity contribution is 5.88. The van der Waals surface area contributed by atoms with Crippen LogP contribution < -0.4 is 4.74 Å². The van der Waals surface area contributed by atoms with E-state index in [4.69, 9.17) is 4.74 Å². The molecule has 0 spiro atoms. The Morgan fingerprint density at radius 2 is 1.74 bits per heavy atom. The molecule has 0 unspecified atom stereocenters. The fourth-order valence-electron chi connectivity index (χ4n) is 2.46. The lowest BCUT2D eigenvalue weighted by molar-refractivity contribution is 0.112. The van der Waals surface area contributed by atoms with Gasteiger partial charge in [0.2, 0.25) is 0 Å². The number of carbonyl (C=O) groups excluding carboxylic acids is 1. The molecule has 0 amide bonds. The maximum atomic E-state index is 11.4. The van der Waals surface area contributed by atoms with Crippen molar-refractivity contribution >= 4 is 6.29 Å². The summed E-state index contributed by atoms with van der Waals surface area (Å²) >= 11 is 0. The van der Waals surface area contributed by atoms with Crippen LogP contribution in [0.5, 0.6) is 5.75 Å². The van der Waals surface area contributed by atoms with Gasteiger partial charge < -0.3 is 4.74 Å². The Morgan fingerprint density at radius 3 is 2.52 bits per heavy atom. The first-order valence-corrected chi connectivity index (χ1v) is 7.46. The van der Waals surface area contributed by atoms with Gasteiger partial charge in [-0.15, -0.1) is 0 Å². The van der Waals surface area contributed by atoms with Gasteiger partial charge in [0.15, 0.2) is 6.29 Å². The SMILES string of the molecule is Cc1ccnc(-c2ccccc2OCc2ccccc2)c1C=O. The molecule has 0 fully saturated rings. The molecule has 3 heteroatoms. The number of para-hydroxylation sites is 1. The van der Waals surface area contributed by atoms with E-state index in [-0.39, 0.29) is 0 Å². The van der Waals surface area contributed by atoms with E-state index in [0.29, 0.717) is 17.9 Å². The molecule has 3 rings (SSSR count). The maximum absolute atomic E-state index is 11.4. The molecule has 114 valence electrons. The molecule has 1 aromatic heterocycles. The number of ether oxygens (including phenoxy) is 1. The summed E-state index contributed by atoms with van der Waals surface area (Å²) in [6, 6.07) is 19.5. The molecule has 0 saturated carbocycles. The Hall–Kier alpha value is -2.94. The summed E-state index contributed by atoms with van der Waals surface area (Å²) in [5, 5.41) is 0. The maximum Gasteiger partial charge on any atom is 0.152 e. The Kier molecular flexibility index (Phi) is 4.48. The predicted octanol–water partition coefficient (Wildman–Crippen LogP) is 4.45. The van der Waals surface area contributed by atoms with Crippen LogP contribution in [0.3, 0.4) is 0 Å². The zero-order valence-electron chi connectivity index (χ0n) is 12.9. The molecule has 1 heterocycles. The highest BCUT2D eigenvalue weighted by atomic mass is 16.5. The van der Waals surface area contributed by atoms with E-state index in [1.165, 1.54) is 0 Å². The van der Waals surface area contributed by atoms with Crippen molar-refractivity contribution in [3.05, 3.63) is 83.6 Å². The predicted molar refractivity (Wildman–Crippen MR) is 90.6 cm³/mol. The van der Waals surface area contributed by atoms with E-state index in [0.717, 1.165) is 28.7 Å². The Labute approximate surface area is 135 Å². The van der Waals surface area contributed by atoms with Gasteiger partial charge in [-0.05, 0) is 36.2 Å². The van der Waals surface area contributed by atoms with E-state index in [9.17, 15) is 4.79 Å². The molecule has 0 atom stereocenters. The van der Waals surface area contributed by atoms with E-state index in [2.05, 4.69) is 4.98 Å². The average molecular weight is 303 g/mol.